The molecule has 2 heterocycles. The normalized spacial score (nSPS) is 22.0. The van der Waals surface area contributed by atoms with Crippen LogP contribution in [0.4, 0.5) is 30.7 Å². The fourth-order valence-corrected chi connectivity index (χ4v) is 7.11. The van der Waals surface area contributed by atoms with E-state index in [2.05, 4.69) is 0 Å². The van der Waals surface area contributed by atoms with E-state index in [1.54, 1.807) is 11.8 Å². The summed E-state index contributed by atoms with van der Waals surface area (Å²) in [6.45, 7) is 2.08. The Kier molecular flexibility index (Phi) is 9.93. The zero-order chi connectivity index (χ0) is 32.6. The smallest absolute Gasteiger partial charge is 0.341 e. The predicted octanol–water partition coefficient (Wildman–Crippen LogP) is 5.83. The molecule has 2 amide bonds. The third kappa shape index (κ3) is 8.23. The second-order valence-corrected chi connectivity index (χ2v) is 13.9. The van der Waals surface area contributed by atoms with Crippen molar-refractivity contribution >= 4 is 22.4 Å². The molecule has 0 bridgehead atoms. The van der Waals surface area contributed by atoms with Crippen LogP contribution in [0.15, 0.2) is 36.4 Å². The maximum absolute atomic E-state index is 14.0. The van der Waals surface area contributed by atoms with Crippen LogP contribution in [0.3, 0.4) is 0 Å². The molecule has 2 fully saturated rings. The largest absolute Gasteiger partial charge is 0.416 e. The van der Waals surface area contributed by atoms with Crippen molar-refractivity contribution in [2.24, 2.45) is 5.92 Å². The molecule has 2 atom stereocenters. The summed E-state index contributed by atoms with van der Waals surface area (Å²) in [5.74, 6) is -2.36. The summed E-state index contributed by atoms with van der Waals surface area (Å²) >= 11 is 0. The van der Waals surface area contributed by atoms with Gasteiger partial charge in [-0.15, -0.1) is 0 Å². The van der Waals surface area contributed by atoms with Crippen LogP contribution in [0.1, 0.15) is 40.2 Å². The van der Waals surface area contributed by atoms with Gasteiger partial charge in [-0.3, -0.25) is 23.6 Å². The molecule has 44 heavy (non-hydrogen) atoms. The van der Waals surface area contributed by atoms with Gasteiger partial charge in [-0.25, -0.2) is 4.39 Å². The van der Waals surface area contributed by atoms with Crippen molar-refractivity contribution in [2.75, 3.05) is 51.3 Å². The Morgan fingerprint density at radius 3 is 2.09 bits per heavy atom. The van der Waals surface area contributed by atoms with E-state index in [4.69, 9.17) is 0 Å². The van der Waals surface area contributed by atoms with Gasteiger partial charge in [-0.2, -0.15) is 36.9 Å². The number of halogens is 7. The summed E-state index contributed by atoms with van der Waals surface area (Å²) in [4.78, 5) is 31.4. The van der Waals surface area contributed by atoms with Gasteiger partial charge in [0.15, 0.2) is 0 Å². The SMILES string of the molecule is Cc1cc(F)ccc1[C@@H]1CN(C(=O)CN2CCS(O)(O)CC2)CC[C@H]1C(=O)N(C)Cc1cc(C(F)(F)F)cc(C(F)(F)F)c1. The molecule has 15 heteroatoms. The molecule has 2 aliphatic heterocycles. The van der Waals surface area contributed by atoms with Crippen LogP contribution in [0, 0.1) is 18.7 Å². The lowest BCUT2D eigenvalue weighted by Crippen LogP contribution is -2.51. The Balaban J connectivity index is 1.56. The Bertz CT molecular complexity index is 1340. The van der Waals surface area contributed by atoms with Crippen molar-refractivity contribution in [3.8, 4) is 0 Å². The summed E-state index contributed by atoms with van der Waals surface area (Å²) in [7, 11) is -1.35. The van der Waals surface area contributed by atoms with E-state index >= 15 is 0 Å². The number of hydrogen-bond acceptors (Lipinski definition) is 5. The average molecular weight is 654 g/mol. The zero-order valence-corrected chi connectivity index (χ0v) is 24.9. The first kappa shape index (κ1) is 34.0. The van der Waals surface area contributed by atoms with Crippen LogP contribution in [0.5, 0.6) is 0 Å². The number of rotatable bonds is 6. The number of nitrogens with zero attached hydrogens (tertiary/aromatic N) is 3. The molecule has 2 aromatic rings. The van der Waals surface area contributed by atoms with Crippen molar-refractivity contribution < 1.29 is 49.4 Å². The molecular weight excluding hydrogens is 619 g/mol. The van der Waals surface area contributed by atoms with Crippen LogP contribution in [0.2, 0.25) is 0 Å². The number of amides is 2. The number of carbonyl (C=O) groups is 2. The lowest BCUT2D eigenvalue weighted by molar-refractivity contribution is -0.143. The maximum Gasteiger partial charge on any atom is 0.416 e. The molecule has 0 saturated carbocycles. The van der Waals surface area contributed by atoms with Gasteiger partial charge in [0.2, 0.25) is 11.8 Å². The molecule has 2 N–H and O–H groups in total. The van der Waals surface area contributed by atoms with Crippen molar-refractivity contribution in [1.82, 2.24) is 14.7 Å². The number of benzene rings is 2. The van der Waals surface area contributed by atoms with E-state index in [1.807, 2.05) is 4.90 Å². The average Bonchev–Trinajstić information content (AvgIpc) is 2.92. The Hall–Kier alpha value is -2.88. The second-order valence-electron chi connectivity index (χ2n) is 11.4. The van der Waals surface area contributed by atoms with Gasteiger partial charge in [0.1, 0.15) is 5.82 Å². The van der Waals surface area contributed by atoms with Crippen LogP contribution in [-0.2, 0) is 28.5 Å². The van der Waals surface area contributed by atoms with Gasteiger partial charge >= 0.3 is 12.4 Å². The minimum Gasteiger partial charge on any atom is -0.341 e. The third-order valence-electron chi connectivity index (χ3n) is 8.19. The highest BCUT2D eigenvalue weighted by molar-refractivity contribution is 8.24. The van der Waals surface area contributed by atoms with E-state index in [-0.39, 0.29) is 55.1 Å². The Morgan fingerprint density at radius 1 is 0.955 bits per heavy atom. The van der Waals surface area contributed by atoms with Crippen molar-refractivity contribution in [3.05, 3.63) is 70.0 Å². The van der Waals surface area contributed by atoms with Crippen molar-refractivity contribution in [2.45, 2.75) is 38.2 Å². The molecule has 0 aromatic heterocycles. The highest BCUT2D eigenvalue weighted by Gasteiger charge is 2.40. The second kappa shape index (κ2) is 12.9. The number of alkyl halides is 6. The minimum atomic E-state index is -5.03. The van der Waals surface area contributed by atoms with Crippen LogP contribution >= 0.6 is 10.6 Å². The third-order valence-corrected chi connectivity index (χ3v) is 9.86. The molecule has 2 aliphatic rings. The topological polar surface area (TPSA) is 84.3 Å². The first-order chi connectivity index (χ1) is 20.3. The molecule has 7 nitrogen and oxygen atoms in total. The number of piperidine rings is 1. The lowest BCUT2D eigenvalue weighted by atomic mass is 9.78. The molecule has 2 saturated heterocycles. The maximum atomic E-state index is 14.0. The van der Waals surface area contributed by atoms with Gasteiger partial charge in [-0.1, -0.05) is 6.07 Å². The van der Waals surface area contributed by atoms with Crippen LogP contribution in [0.25, 0.3) is 0 Å². The highest BCUT2D eigenvalue weighted by Crippen LogP contribution is 2.41. The fourth-order valence-electron chi connectivity index (χ4n) is 5.80. The first-order valence-corrected chi connectivity index (χ1v) is 15.8. The Morgan fingerprint density at radius 2 is 1.55 bits per heavy atom. The molecule has 0 aliphatic carbocycles. The molecule has 0 unspecified atom stereocenters. The highest BCUT2D eigenvalue weighted by atomic mass is 32.3. The van der Waals surface area contributed by atoms with Crippen LogP contribution in [-0.4, -0.2) is 86.9 Å². The monoisotopic (exact) mass is 653 g/mol. The number of aryl methyl sites for hydroxylation is 1. The molecule has 0 spiro atoms. The van der Waals surface area contributed by atoms with Gasteiger partial charge in [0.25, 0.3) is 0 Å². The van der Waals surface area contributed by atoms with E-state index in [9.17, 15) is 49.4 Å². The van der Waals surface area contributed by atoms with Gasteiger partial charge in [-0.05, 0) is 60.4 Å². The minimum absolute atomic E-state index is 0.0280. The Labute approximate surface area is 252 Å². The summed E-state index contributed by atoms with van der Waals surface area (Å²) in [5.41, 5.74) is -2.18. The van der Waals surface area contributed by atoms with E-state index < -0.39 is 64.2 Å². The lowest BCUT2D eigenvalue weighted by Gasteiger charge is -2.43. The molecule has 244 valence electrons. The van der Waals surface area contributed by atoms with Gasteiger partial charge in [0, 0.05) is 51.6 Å². The van der Waals surface area contributed by atoms with Gasteiger partial charge < -0.3 is 9.80 Å². The van der Waals surface area contributed by atoms with Crippen LogP contribution < -0.4 is 0 Å². The fraction of sp³-hybridized carbons (Fsp3) is 0.517. The molecule has 2 aromatic carbocycles. The van der Waals surface area contributed by atoms with Crippen molar-refractivity contribution in [1.29, 1.82) is 0 Å². The summed E-state index contributed by atoms with van der Waals surface area (Å²) in [6, 6.07) is 5.22. The number of likely N-dealkylation sites (tertiary alicyclic amines) is 1. The zero-order valence-electron chi connectivity index (χ0n) is 24.1. The number of hydrogen-bond donors (Lipinski definition) is 2. The molecule has 0 radical (unpaired) electrons. The summed E-state index contributed by atoms with van der Waals surface area (Å²) < 4.78 is 114. The standard InChI is InChI=1S/C29H34F7N3O4S/c1-18-11-22(30)3-4-23(18)25-16-39(26(40)17-38-7-9-44(42,43)10-8-38)6-5-24(25)27(41)37(2)15-19-12-20(28(31,32)33)14-21(13-19)29(34,35)36/h3-4,11-14,24-25,42-43H,5-10,15-17H2,1-2H3/t24-,25+/m1/s1. The van der Waals surface area contributed by atoms with Crippen molar-refractivity contribution in [3.63, 3.8) is 0 Å². The van der Waals surface area contributed by atoms with Gasteiger partial charge in [0.05, 0.1) is 29.2 Å². The predicted molar refractivity (Wildman–Crippen MR) is 151 cm³/mol. The van der Waals surface area contributed by atoms with E-state index in [0.717, 1.165) is 4.90 Å². The van der Waals surface area contributed by atoms with E-state index in [1.165, 1.54) is 25.2 Å². The molecular formula is C29H34F7N3O4S. The number of carbonyl (C=O) groups excluding carboxylic acids is 2. The molecule has 4 rings (SSSR count). The summed E-state index contributed by atoms with van der Waals surface area (Å²) in [6.07, 6.45) is -9.90. The van der Waals surface area contributed by atoms with E-state index in [0.29, 0.717) is 36.3 Å². The quantitative estimate of drug-likeness (QED) is 0.384. The first-order valence-electron chi connectivity index (χ1n) is 13.9. The summed E-state index contributed by atoms with van der Waals surface area (Å²) in [5, 5.41) is 0.